The van der Waals surface area contributed by atoms with E-state index in [2.05, 4.69) is 30.4 Å². The van der Waals surface area contributed by atoms with Crippen molar-refractivity contribution in [3.05, 3.63) is 77.0 Å². The molecule has 1 aromatic heterocycles. The minimum Gasteiger partial charge on any atom is -0.368 e. The standard InChI is InChI=1S/C24H23N3O2/c1-15-11-17(13-16-7-3-2-4-8-16)23-19(12-15)22(24(29)26-14-21(25)28)18-9-5-6-10-20(18)27-23/h2-10,13,15H,11-12,14H2,1H3,(H2,25,28)(H,26,29)/b17-13-. The van der Waals surface area contributed by atoms with Gasteiger partial charge in [0.15, 0.2) is 0 Å². The van der Waals surface area contributed by atoms with Crippen molar-refractivity contribution in [3.63, 3.8) is 0 Å². The summed E-state index contributed by atoms with van der Waals surface area (Å²) in [5, 5.41) is 3.45. The zero-order valence-corrected chi connectivity index (χ0v) is 16.3. The number of hydrogen-bond acceptors (Lipinski definition) is 3. The SMILES string of the molecule is CC1C/C(=C/c2ccccc2)c2nc3ccccc3c(C(=O)NCC(N)=O)c2C1. The predicted molar refractivity (Wildman–Crippen MR) is 115 cm³/mol. The Morgan fingerprint density at radius 2 is 1.83 bits per heavy atom. The van der Waals surface area contributed by atoms with Crippen molar-refractivity contribution in [2.75, 3.05) is 6.54 Å². The van der Waals surface area contributed by atoms with Crippen LogP contribution in [0.3, 0.4) is 0 Å². The molecule has 5 heteroatoms. The lowest BCUT2D eigenvalue weighted by molar-refractivity contribution is -0.117. The lowest BCUT2D eigenvalue weighted by Crippen LogP contribution is -2.34. The Kier molecular flexibility index (Phi) is 5.12. The number of hydrogen-bond donors (Lipinski definition) is 2. The first-order valence-corrected chi connectivity index (χ1v) is 9.77. The number of primary amides is 1. The van der Waals surface area contributed by atoms with Gasteiger partial charge in [-0.1, -0.05) is 55.5 Å². The third-order valence-corrected chi connectivity index (χ3v) is 5.21. The Hall–Kier alpha value is -3.47. The molecular formula is C24H23N3O2. The number of fused-ring (bicyclic) bond motifs is 2. The molecule has 4 rings (SSSR count). The van der Waals surface area contributed by atoms with Crippen LogP contribution < -0.4 is 11.1 Å². The van der Waals surface area contributed by atoms with Crippen molar-refractivity contribution in [2.24, 2.45) is 11.7 Å². The number of rotatable bonds is 4. The van der Waals surface area contributed by atoms with E-state index >= 15 is 0 Å². The van der Waals surface area contributed by atoms with Gasteiger partial charge in [0.1, 0.15) is 0 Å². The zero-order valence-electron chi connectivity index (χ0n) is 16.3. The first-order chi connectivity index (χ1) is 14.0. The molecule has 2 amide bonds. The number of pyridine rings is 1. The quantitative estimate of drug-likeness (QED) is 0.720. The highest BCUT2D eigenvalue weighted by atomic mass is 16.2. The van der Waals surface area contributed by atoms with Crippen LogP contribution >= 0.6 is 0 Å². The molecule has 0 radical (unpaired) electrons. The summed E-state index contributed by atoms with van der Waals surface area (Å²) in [7, 11) is 0. The molecule has 1 atom stereocenters. The van der Waals surface area contributed by atoms with Crippen LogP contribution in [-0.2, 0) is 11.2 Å². The lowest BCUT2D eigenvalue weighted by atomic mass is 9.80. The highest BCUT2D eigenvalue weighted by molar-refractivity contribution is 6.09. The fraction of sp³-hybridized carbons (Fsp3) is 0.208. The van der Waals surface area contributed by atoms with Crippen molar-refractivity contribution in [1.29, 1.82) is 0 Å². The van der Waals surface area contributed by atoms with Gasteiger partial charge in [0, 0.05) is 5.39 Å². The second-order valence-electron chi connectivity index (χ2n) is 7.57. The van der Waals surface area contributed by atoms with E-state index in [1.165, 1.54) is 0 Å². The molecule has 0 saturated carbocycles. The molecule has 1 aliphatic rings. The second-order valence-corrected chi connectivity index (χ2v) is 7.57. The first kappa shape index (κ1) is 18.9. The van der Waals surface area contributed by atoms with Crippen molar-refractivity contribution < 1.29 is 9.59 Å². The molecule has 3 N–H and O–H groups in total. The van der Waals surface area contributed by atoms with Gasteiger partial charge in [0.25, 0.3) is 5.91 Å². The Labute approximate surface area is 169 Å². The normalized spacial score (nSPS) is 17.1. The van der Waals surface area contributed by atoms with Gasteiger partial charge >= 0.3 is 0 Å². The van der Waals surface area contributed by atoms with Gasteiger partial charge in [-0.2, -0.15) is 0 Å². The van der Waals surface area contributed by atoms with E-state index < -0.39 is 5.91 Å². The fourth-order valence-corrected chi connectivity index (χ4v) is 4.00. The van der Waals surface area contributed by atoms with Gasteiger partial charge in [-0.25, -0.2) is 4.98 Å². The third kappa shape index (κ3) is 3.90. The van der Waals surface area contributed by atoms with Crippen LogP contribution in [0.1, 0.15) is 40.5 Å². The van der Waals surface area contributed by atoms with Crippen LogP contribution in [0.5, 0.6) is 0 Å². The number of nitrogens with one attached hydrogen (secondary N) is 1. The molecule has 3 aromatic rings. The molecule has 0 bridgehead atoms. The topological polar surface area (TPSA) is 85.1 Å². The number of nitrogens with two attached hydrogens (primary N) is 1. The molecule has 5 nitrogen and oxygen atoms in total. The van der Waals surface area contributed by atoms with Gasteiger partial charge in [-0.3, -0.25) is 9.59 Å². The molecule has 1 unspecified atom stereocenters. The third-order valence-electron chi connectivity index (χ3n) is 5.21. The Balaban J connectivity index is 1.91. The van der Waals surface area contributed by atoms with Gasteiger partial charge < -0.3 is 11.1 Å². The average Bonchev–Trinajstić information content (AvgIpc) is 2.71. The van der Waals surface area contributed by atoms with Crippen LogP contribution in [0.15, 0.2) is 54.6 Å². The predicted octanol–water partition coefficient (Wildman–Crippen LogP) is 3.57. The van der Waals surface area contributed by atoms with Gasteiger partial charge in [0.2, 0.25) is 5.91 Å². The lowest BCUT2D eigenvalue weighted by Gasteiger charge is -2.26. The summed E-state index contributed by atoms with van der Waals surface area (Å²) in [6.07, 6.45) is 3.82. The summed E-state index contributed by atoms with van der Waals surface area (Å²) in [6, 6.07) is 17.8. The zero-order chi connectivity index (χ0) is 20.4. The van der Waals surface area contributed by atoms with Crippen molar-refractivity contribution >= 4 is 34.4 Å². The van der Waals surface area contributed by atoms with E-state index in [1.54, 1.807) is 0 Å². The van der Waals surface area contributed by atoms with E-state index in [4.69, 9.17) is 10.7 Å². The van der Waals surface area contributed by atoms with Crippen molar-refractivity contribution in [1.82, 2.24) is 10.3 Å². The molecule has 0 spiro atoms. The van der Waals surface area contributed by atoms with Crippen molar-refractivity contribution in [2.45, 2.75) is 19.8 Å². The molecule has 1 heterocycles. The number of nitrogens with zero attached hydrogens (tertiary/aromatic N) is 1. The summed E-state index contributed by atoms with van der Waals surface area (Å²) in [4.78, 5) is 29.1. The number of amides is 2. The number of allylic oxidation sites excluding steroid dienone is 1. The molecule has 2 aromatic carbocycles. The Bertz CT molecular complexity index is 1120. The summed E-state index contributed by atoms with van der Waals surface area (Å²) in [6.45, 7) is 1.99. The number of benzene rings is 2. The molecule has 146 valence electrons. The number of carbonyl (C=O) groups is 2. The van der Waals surface area contributed by atoms with E-state index in [0.29, 0.717) is 11.5 Å². The first-order valence-electron chi connectivity index (χ1n) is 9.77. The molecule has 0 saturated heterocycles. The summed E-state index contributed by atoms with van der Waals surface area (Å²) in [5.74, 6) is -0.474. The monoisotopic (exact) mass is 385 g/mol. The number of aromatic nitrogens is 1. The van der Waals surface area contributed by atoms with Gasteiger partial charge in [-0.05, 0) is 47.6 Å². The average molecular weight is 385 g/mol. The summed E-state index contributed by atoms with van der Waals surface area (Å²) >= 11 is 0. The van der Waals surface area contributed by atoms with Crippen LogP contribution in [0.4, 0.5) is 0 Å². The van der Waals surface area contributed by atoms with E-state index in [-0.39, 0.29) is 12.5 Å². The van der Waals surface area contributed by atoms with Crippen molar-refractivity contribution in [3.8, 4) is 0 Å². The van der Waals surface area contributed by atoms with Crippen LogP contribution in [-0.4, -0.2) is 23.3 Å². The highest BCUT2D eigenvalue weighted by Gasteiger charge is 2.28. The molecule has 0 aliphatic heterocycles. The van der Waals surface area contributed by atoms with E-state index in [9.17, 15) is 9.59 Å². The molecule has 29 heavy (non-hydrogen) atoms. The van der Waals surface area contributed by atoms with E-state index in [0.717, 1.165) is 46.1 Å². The maximum atomic E-state index is 13.0. The van der Waals surface area contributed by atoms with Crippen LogP contribution in [0.25, 0.3) is 22.6 Å². The summed E-state index contributed by atoms with van der Waals surface area (Å²) in [5.41, 5.74) is 10.6. The smallest absolute Gasteiger partial charge is 0.252 e. The molecular weight excluding hydrogens is 362 g/mol. The molecule has 0 fully saturated rings. The number of carbonyl (C=O) groups excluding carboxylic acids is 2. The van der Waals surface area contributed by atoms with Crippen LogP contribution in [0, 0.1) is 5.92 Å². The minimum absolute atomic E-state index is 0.188. The van der Waals surface area contributed by atoms with E-state index in [1.807, 2.05) is 42.5 Å². The van der Waals surface area contributed by atoms with Gasteiger partial charge in [0.05, 0.1) is 23.3 Å². The van der Waals surface area contributed by atoms with Gasteiger partial charge in [-0.15, -0.1) is 0 Å². The highest BCUT2D eigenvalue weighted by Crippen LogP contribution is 2.38. The molecule has 1 aliphatic carbocycles. The fourth-order valence-electron chi connectivity index (χ4n) is 4.00. The number of para-hydroxylation sites is 1. The Morgan fingerprint density at radius 1 is 1.10 bits per heavy atom. The second kappa shape index (κ2) is 7.87. The minimum atomic E-state index is -0.566. The Morgan fingerprint density at radius 3 is 2.59 bits per heavy atom. The van der Waals surface area contributed by atoms with Crippen LogP contribution in [0.2, 0.25) is 0 Å². The maximum Gasteiger partial charge on any atom is 0.252 e. The largest absolute Gasteiger partial charge is 0.368 e. The summed E-state index contributed by atoms with van der Waals surface area (Å²) < 4.78 is 0. The maximum absolute atomic E-state index is 13.0.